The second kappa shape index (κ2) is 7.77. The monoisotopic (exact) mass is 302 g/mol. The molecular weight excluding hydrogens is 287 g/mol. The number of aromatic nitrogens is 2. The first-order valence-corrected chi connectivity index (χ1v) is 7.47. The molecule has 0 fully saturated rings. The zero-order valence-electron chi connectivity index (χ0n) is 11.6. The predicted molar refractivity (Wildman–Crippen MR) is 81.3 cm³/mol. The van der Waals surface area contributed by atoms with Gasteiger partial charge in [-0.25, -0.2) is 14.4 Å². The Morgan fingerprint density at radius 2 is 2.05 bits per heavy atom. The predicted octanol–water partition coefficient (Wildman–Crippen LogP) is 2.95. The van der Waals surface area contributed by atoms with Crippen molar-refractivity contribution < 1.29 is 9.50 Å². The quantitative estimate of drug-likeness (QED) is 0.536. The Kier molecular flexibility index (Phi) is 5.73. The number of aliphatic hydroxyl groups excluding tert-OH is 1. The van der Waals surface area contributed by atoms with E-state index in [0.29, 0.717) is 28.5 Å². The van der Waals surface area contributed by atoms with Gasteiger partial charge >= 0.3 is 0 Å². The SMILES string of the molecule is Cc1cnc(SCc2ccc(C#CCCO)cc2F)nc1. The molecule has 1 heterocycles. The Hall–Kier alpha value is -1.90. The summed E-state index contributed by atoms with van der Waals surface area (Å²) in [5, 5.41) is 9.28. The van der Waals surface area contributed by atoms with E-state index < -0.39 is 0 Å². The van der Waals surface area contributed by atoms with Crippen molar-refractivity contribution in [3.63, 3.8) is 0 Å². The van der Waals surface area contributed by atoms with Gasteiger partial charge in [-0.2, -0.15) is 0 Å². The minimum absolute atomic E-state index is 0.0146. The maximum Gasteiger partial charge on any atom is 0.187 e. The summed E-state index contributed by atoms with van der Waals surface area (Å²) in [5.41, 5.74) is 2.20. The first-order chi connectivity index (χ1) is 10.2. The molecule has 0 unspecified atom stereocenters. The Bertz CT molecular complexity index is 662. The number of hydrogen-bond donors (Lipinski definition) is 1. The van der Waals surface area contributed by atoms with Crippen LogP contribution in [-0.4, -0.2) is 21.7 Å². The smallest absolute Gasteiger partial charge is 0.187 e. The van der Waals surface area contributed by atoms with Crippen LogP contribution in [-0.2, 0) is 5.75 Å². The molecule has 108 valence electrons. The molecule has 0 radical (unpaired) electrons. The summed E-state index contributed by atoms with van der Waals surface area (Å²) in [6, 6.07) is 4.91. The number of rotatable bonds is 4. The Morgan fingerprint density at radius 1 is 1.29 bits per heavy atom. The van der Waals surface area contributed by atoms with Gasteiger partial charge in [0.05, 0.1) is 6.61 Å². The van der Waals surface area contributed by atoms with Crippen molar-refractivity contribution in [2.75, 3.05) is 6.61 Å². The first kappa shape index (κ1) is 15.5. The van der Waals surface area contributed by atoms with Crippen molar-refractivity contribution in [3.8, 4) is 11.8 Å². The number of halogens is 1. The number of hydrogen-bond acceptors (Lipinski definition) is 4. The van der Waals surface area contributed by atoms with Gasteiger partial charge in [0, 0.05) is 30.1 Å². The first-order valence-electron chi connectivity index (χ1n) is 6.48. The highest BCUT2D eigenvalue weighted by Gasteiger charge is 2.05. The molecule has 21 heavy (non-hydrogen) atoms. The Labute approximate surface area is 127 Å². The molecule has 1 N–H and O–H groups in total. The maximum absolute atomic E-state index is 14.0. The molecular formula is C16H15FN2OS. The third-order valence-electron chi connectivity index (χ3n) is 2.64. The van der Waals surface area contributed by atoms with E-state index in [9.17, 15) is 4.39 Å². The second-order valence-electron chi connectivity index (χ2n) is 4.41. The van der Waals surface area contributed by atoms with Crippen molar-refractivity contribution >= 4 is 11.8 Å². The van der Waals surface area contributed by atoms with Gasteiger partial charge < -0.3 is 5.11 Å². The van der Waals surface area contributed by atoms with Crippen LogP contribution in [0.15, 0.2) is 35.7 Å². The molecule has 0 aliphatic rings. The van der Waals surface area contributed by atoms with Crippen molar-refractivity contribution in [2.24, 2.45) is 0 Å². The number of benzene rings is 1. The van der Waals surface area contributed by atoms with Crippen LogP contribution >= 0.6 is 11.8 Å². The van der Waals surface area contributed by atoms with Crippen molar-refractivity contribution in [3.05, 3.63) is 53.1 Å². The minimum Gasteiger partial charge on any atom is -0.395 e. The highest BCUT2D eigenvalue weighted by Crippen LogP contribution is 2.21. The number of aliphatic hydroxyl groups is 1. The molecule has 1 aromatic carbocycles. The standard InChI is InChI=1S/C16H15FN2OS/c1-12-9-18-16(19-10-12)21-11-14-6-5-13(8-15(14)17)4-2-3-7-20/h5-6,8-10,20H,3,7,11H2,1H3. The van der Waals surface area contributed by atoms with Gasteiger partial charge in [0.15, 0.2) is 5.16 Å². The van der Waals surface area contributed by atoms with Crippen LogP contribution in [0.25, 0.3) is 0 Å². The molecule has 0 aliphatic carbocycles. The summed E-state index contributed by atoms with van der Waals surface area (Å²) in [7, 11) is 0. The fourth-order valence-electron chi connectivity index (χ4n) is 1.56. The zero-order valence-corrected chi connectivity index (χ0v) is 12.5. The third-order valence-corrected chi connectivity index (χ3v) is 3.56. The van der Waals surface area contributed by atoms with Gasteiger partial charge in [-0.05, 0) is 30.2 Å². The van der Waals surface area contributed by atoms with Crippen LogP contribution in [0.4, 0.5) is 4.39 Å². The molecule has 0 amide bonds. The van der Waals surface area contributed by atoms with Gasteiger partial charge in [0.2, 0.25) is 0 Å². The van der Waals surface area contributed by atoms with Crippen LogP contribution in [0.3, 0.4) is 0 Å². The lowest BCUT2D eigenvalue weighted by Gasteiger charge is -2.03. The van der Waals surface area contributed by atoms with Crippen molar-refractivity contribution in [2.45, 2.75) is 24.3 Å². The van der Waals surface area contributed by atoms with E-state index in [0.717, 1.165) is 5.56 Å². The van der Waals surface area contributed by atoms with E-state index in [4.69, 9.17) is 5.11 Å². The molecule has 0 spiro atoms. The summed E-state index contributed by atoms with van der Waals surface area (Å²) in [4.78, 5) is 8.35. The van der Waals surface area contributed by atoms with E-state index in [1.165, 1.54) is 17.8 Å². The molecule has 0 bridgehead atoms. The average molecular weight is 302 g/mol. The highest BCUT2D eigenvalue weighted by atomic mass is 32.2. The maximum atomic E-state index is 14.0. The second-order valence-corrected chi connectivity index (χ2v) is 5.36. The molecule has 0 saturated heterocycles. The molecule has 3 nitrogen and oxygen atoms in total. The lowest BCUT2D eigenvalue weighted by Crippen LogP contribution is -1.92. The van der Waals surface area contributed by atoms with Crippen LogP contribution in [0.2, 0.25) is 0 Å². The fourth-order valence-corrected chi connectivity index (χ4v) is 2.33. The number of aryl methyl sites for hydroxylation is 1. The number of thioether (sulfide) groups is 1. The lowest BCUT2D eigenvalue weighted by atomic mass is 10.1. The van der Waals surface area contributed by atoms with Crippen molar-refractivity contribution in [1.82, 2.24) is 9.97 Å². The van der Waals surface area contributed by atoms with Crippen LogP contribution < -0.4 is 0 Å². The summed E-state index contributed by atoms with van der Waals surface area (Å²) in [6.45, 7) is 1.94. The van der Waals surface area contributed by atoms with Crippen LogP contribution in [0.5, 0.6) is 0 Å². The minimum atomic E-state index is -0.287. The van der Waals surface area contributed by atoms with Gasteiger partial charge in [-0.3, -0.25) is 0 Å². The van der Waals surface area contributed by atoms with E-state index in [-0.39, 0.29) is 12.4 Å². The topological polar surface area (TPSA) is 46.0 Å². The summed E-state index contributed by atoms with van der Waals surface area (Å²) in [6.07, 6.45) is 3.88. The van der Waals surface area contributed by atoms with Crippen LogP contribution in [0.1, 0.15) is 23.1 Å². The zero-order chi connectivity index (χ0) is 15.1. The summed E-state index contributed by atoms with van der Waals surface area (Å²) < 4.78 is 14.0. The Balaban J connectivity index is 2.01. The fraction of sp³-hybridized carbons (Fsp3) is 0.250. The third kappa shape index (κ3) is 4.85. The largest absolute Gasteiger partial charge is 0.395 e. The molecule has 0 aliphatic heterocycles. The van der Waals surface area contributed by atoms with E-state index >= 15 is 0 Å². The number of nitrogens with zero attached hydrogens (tertiary/aromatic N) is 2. The van der Waals surface area contributed by atoms with Crippen molar-refractivity contribution in [1.29, 1.82) is 0 Å². The Morgan fingerprint density at radius 3 is 2.71 bits per heavy atom. The molecule has 0 atom stereocenters. The molecule has 1 aromatic heterocycles. The highest BCUT2D eigenvalue weighted by molar-refractivity contribution is 7.98. The lowest BCUT2D eigenvalue weighted by molar-refractivity contribution is 0.305. The molecule has 2 aromatic rings. The van der Waals surface area contributed by atoms with Gasteiger partial charge in [-0.15, -0.1) is 0 Å². The van der Waals surface area contributed by atoms with Crippen LogP contribution in [0, 0.1) is 24.6 Å². The summed E-state index contributed by atoms with van der Waals surface area (Å²) >= 11 is 1.39. The molecule has 0 saturated carbocycles. The summed E-state index contributed by atoms with van der Waals surface area (Å²) in [5.74, 6) is 5.77. The van der Waals surface area contributed by atoms with Gasteiger partial charge in [0.25, 0.3) is 0 Å². The van der Waals surface area contributed by atoms with E-state index in [2.05, 4.69) is 21.8 Å². The normalized spacial score (nSPS) is 10.0. The van der Waals surface area contributed by atoms with Gasteiger partial charge in [0.1, 0.15) is 5.82 Å². The van der Waals surface area contributed by atoms with E-state index in [1.54, 1.807) is 24.5 Å². The average Bonchev–Trinajstić information content (AvgIpc) is 2.48. The van der Waals surface area contributed by atoms with Gasteiger partial charge in [-0.1, -0.05) is 29.7 Å². The van der Waals surface area contributed by atoms with E-state index in [1.807, 2.05) is 6.92 Å². The molecule has 2 rings (SSSR count). The molecule has 5 heteroatoms.